The smallest absolute Gasteiger partial charge is 0.120 e. The Morgan fingerprint density at radius 3 is 2.72 bits per heavy atom. The van der Waals surface area contributed by atoms with E-state index < -0.39 is 0 Å². The van der Waals surface area contributed by atoms with Gasteiger partial charge in [-0.25, -0.2) is 0 Å². The maximum absolute atomic E-state index is 5.80. The van der Waals surface area contributed by atoms with Gasteiger partial charge < -0.3 is 14.8 Å². The largest absolute Gasteiger partial charge is 0.488 e. The van der Waals surface area contributed by atoms with Crippen molar-refractivity contribution in [3.63, 3.8) is 0 Å². The molecule has 0 spiro atoms. The highest BCUT2D eigenvalue weighted by Gasteiger charge is 2.07. The van der Waals surface area contributed by atoms with Crippen molar-refractivity contribution < 1.29 is 9.47 Å². The van der Waals surface area contributed by atoms with E-state index in [4.69, 9.17) is 9.47 Å². The van der Waals surface area contributed by atoms with Gasteiger partial charge in [-0.1, -0.05) is 19.1 Å². The molecule has 102 valence electrons. The molecule has 3 nitrogen and oxygen atoms in total. The molecule has 0 radical (unpaired) electrons. The first-order valence-corrected chi connectivity index (χ1v) is 6.66. The lowest BCUT2D eigenvalue weighted by Gasteiger charge is -2.17. The standard InChI is InChI=1S/C15H25NO2/c1-5-9-16-13(3)14-7-6-8-15(10-14)18-12(2)11-17-4/h6-8,10,12-13,16H,5,9,11H2,1-4H3. The molecule has 0 aliphatic rings. The summed E-state index contributed by atoms with van der Waals surface area (Å²) in [5, 5.41) is 3.47. The SMILES string of the molecule is CCCNC(C)c1cccc(OC(C)COC)c1. The lowest BCUT2D eigenvalue weighted by molar-refractivity contribution is 0.0920. The van der Waals surface area contributed by atoms with Crippen molar-refractivity contribution in [2.75, 3.05) is 20.3 Å². The van der Waals surface area contributed by atoms with Crippen molar-refractivity contribution in [2.24, 2.45) is 0 Å². The molecule has 0 bridgehead atoms. The van der Waals surface area contributed by atoms with Crippen LogP contribution in [0.1, 0.15) is 38.8 Å². The maximum atomic E-state index is 5.80. The summed E-state index contributed by atoms with van der Waals surface area (Å²) in [6, 6.07) is 8.60. The summed E-state index contributed by atoms with van der Waals surface area (Å²) < 4.78 is 10.9. The van der Waals surface area contributed by atoms with Crippen LogP contribution < -0.4 is 10.1 Å². The highest BCUT2D eigenvalue weighted by molar-refractivity contribution is 5.30. The van der Waals surface area contributed by atoms with Gasteiger partial charge in [-0.15, -0.1) is 0 Å². The predicted molar refractivity (Wildman–Crippen MR) is 75.1 cm³/mol. The quantitative estimate of drug-likeness (QED) is 0.770. The van der Waals surface area contributed by atoms with E-state index in [2.05, 4.69) is 31.3 Å². The van der Waals surface area contributed by atoms with Crippen LogP contribution in [0.3, 0.4) is 0 Å². The monoisotopic (exact) mass is 251 g/mol. The van der Waals surface area contributed by atoms with Crippen LogP contribution in [0.5, 0.6) is 5.75 Å². The normalized spacial score (nSPS) is 14.2. The van der Waals surface area contributed by atoms with E-state index in [9.17, 15) is 0 Å². The predicted octanol–water partition coefficient (Wildman–Crippen LogP) is 3.16. The lowest BCUT2D eigenvalue weighted by atomic mass is 10.1. The summed E-state index contributed by atoms with van der Waals surface area (Å²) in [4.78, 5) is 0. The second kappa shape index (κ2) is 8.11. The minimum atomic E-state index is 0.0733. The average Bonchev–Trinajstić information content (AvgIpc) is 2.36. The van der Waals surface area contributed by atoms with E-state index in [1.165, 1.54) is 5.56 Å². The maximum Gasteiger partial charge on any atom is 0.120 e. The fourth-order valence-corrected chi connectivity index (χ4v) is 1.84. The first kappa shape index (κ1) is 15.0. The van der Waals surface area contributed by atoms with Crippen LogP contribution in [0.4, 0.5) is 0 Å². The zero-order chi connectivity index (χ0) is 13.4. The van der Waals surface area contributed by atoms with Gasteiger partial charge in [-0.3, -0.25) is 0 Å². The van der Waals surface area contributed by atoms with Crippen LogP contribution in [-0.4, -0.2) is 26.4 Å². The molecular formula is C15H25NO2. The second-order valence-corrected chi connectivity index (χ2v) is 4.63. The van der Waals surface area contributed by atoms with Crippen LogP contribution in [0.15, 0.2) is 24.3 Å². The number of ether oxygens (including phenoxy) is 2. The molecule has 1 aromatic rings. The molecular weight excluding hydrogens is 226 g/mol. The molecule has 2 unspecified atom stereocenters. The van der Waals surface area contributed by atoms with Crippen molar-refractivity contribution in [1.29, 1.82) is 0 Å². The van der Waals surface area contributed by atoms with Crippen LogP contribution in [0, 0.1) is 0 Å². The van der Waals surface area contributed by atoms with E-state index in [1.54, 1.807) is 7.11 Å². The Morgan fingerprint density at radius 2 is 2.06 bits per heavy atom. The summed E-state index contributed by atoms with van der Waals surface area (Å²) in [7, 11) is 1.69. The molecule has 0 aliphatic carbocycles. The first-order valence-electron chi connectivity index (χ1n) is 6.66. The third-order valence-electron chi connectivity index (χ3n) is 2.80. The van der Waals surface area contributed by atoms with Gasteiger partial charge in [-0.2, -0.15) is 0 Å². The van der Waals surface area contributed by atoms with E-state index in [0.717, 1.165) is 18.7 Å². The van der Waals surface area contributed by atoms with Crippen LogP contribution in [-0.2, 0) is 4.74 Å². The molecule has 0 saturated carbocycles. The zero-order valence-electron chi connectivity index (χ0n) is 11.9. The second-order valence-electron chi connectivity index (χ2n) is 4.63. The van der Waals surface area contributed by atoms with Gasteiger partial charge in [0.05, 0.1) is 6.61 Å². The molecule has 2 atom stereocenters. The number of methoxy groups -OCH3 is 1. The molecule has 1 N–H and O–H groups in total. The summed E-state index contributed by atoms with van der Waals surface area (Å²) in [5.74, 6) is 0.905. The number of nitrogens with one attached hydrogen (secondary N) is 1. The van der Waals surface area contributed by atoms with E-state index >= 15 is 0 Å². The number of hydrogen-bond donors (Lipinski definition) is 1. The Bertz CT molecular complexity index is 341. The van der Waals surface area contributed by atoms with Gasteiger partial charge >= 0.3 is 0 Å². The fourth-order valence-electron chi connectivity index (χ4n) is 1.84. The van der Waals surface area contributed by atoms with Crippen molar-refractivity contribution in [3.8, 4) is 5.75 Å². The molecule has 0 aromatic heterocycles. The van der Waals surface area contributed by atoms with Gasteiger partial charge in [0.2, 0.25) is 0 Å². The minimum Gasteiger partial charge on any atom is -0.488 e. The molecule has 0 fully saturated rings. The molecule has 0 amide bonds. The van der Waals surface area contributed by atoms with E-state index in [0.29, 0.717) is 12.6 Å². The van der Waals surface area contributed by atoms with Crippen LogP contribution in [0.2, 0.25) is 0 Å². The molecule has 0 saturated heterocycles. The van der Waals surface area contributed by atoms with Crippen molar-refractivity contribution in [3.05, 3.63) is 29.8 Å². The summed E-state index contributed by atoms with van der Waals surface area (Å²) >= 11 is 0. The highest BCUT2D eigenvalue weighted by Crippen LogP contribution is 2.20. The lowest BCUT2D eigenvalue weighted by Crippen LogP contribution is -2.20. The summed E-state index contributed by atoms with van der Waals surface area (Å²) in [6.45, 7) is 7.99. The Balaban J connectivity index is 2.61. The number of rotatable bonds is 8. The molecule has 3 heteroatoms. The van der Waals surface area contributed by atoms with Gasteiger partial charge in [0.25, 0.3) is 0 Å². The summed E-state index contributed by atoms with van der Waals surface area (Å²) in [5.41, 5.74) is 1.26. The number of benzene rings is 1. The Morgan fingerprint density at radius 1 is 1.28 bits per heavy atom. The van der Waals surface area contributed by atoms with Crippen molar-refractivity contribution in [1.82, 2.24) is 5.32 Å². The third-order valence-corrected chi connectivity index (χ3v) is 2.80. The van der Waals surface area contributed by atoms with Crippen molar-refractivity contribution in [2.45, 2.75) is 39.3 Å². The molecule has 1 aromatic carbocycles. The molecule has 18 heavy (non-hydrogen) atoms. The molecule has 1 rings (SSSR count). The van der Waals surface area contributed by atoms with Gasteiger partial charge in [0, 0.05) is 13.2 Å². The topological polar surface area (TPSA) is 30.5 Å². The van der Waals surface area contributed by atoms with Crippen LogP contribution in [0.25, 0.3) is 0 Å². The van der Waals surface area contributed by atoms with Gasteiger partial charge in [0.1, 0.15) is 11.9 Å². The Labute approximate surface area is 110 Å². The fraction of sp³-hybridized carbons (Fsp3) is 0.600. The van der Waals surface area contributed by atoms with E-state index in [-0.39, 0.29) is 6.10 Å². The highest BCUT2D eigenvalue weighted by atomic mass is 16.5. The van der Waals surface area contributed by atoms with Gasteiger partial charge in [0.15, 0.2) is 0 Å². The first-order chi connectivity index (χ1) is 8.67. The zero-order valence-corrected chi connectivity index (χ0v) is 11.9. The molecule has 0 aliphatic heterocycles. The minimum absolute atomic E-state index is 0.0733. The Kier molecular flexibility index (Phi) is 6.76. The van der Waals surface area contributed by atoms with Crippen molar-refractivity contribution >= 4 is 0 Å². The molecule has 0 heterocycles. The van der Waals surface area contributed by atoms with Gasteiger partial charge in [-0.05, 0) is 44.5 Å². The average molecular weight is 251 g/mol. The summed E-state index contributed by atoms with van der Waals surface area (Å²) in [6.07, 6.45) is 1.22. The van der Waals surface area contributed by atoms with Crippen LogP contribution >= 0.6 is 0 Å². The Hall–Kier alpha value is -1.06. The third kappa shape index (κ3) is 5.07. The number of hydrogen-bond acceptors (Lipinski definition) is 3. The van der Waals surface area contributed by atoms with E-state index in [1.807, 2.05) is 19.1 Å².